The van der Waals surface area contributed by atoms with E-state index in [-0.39, 0.29) is 36.3 Å². The van der Waals surface area contributed by atoms with Crippen LogP contribution in [0.2, 0.25) is 0 Å². The van der Waals surface area contributed by atoms with Crippen molar-refractivity contribution in [3.8, 4) is 0 Å². The monoisotopic (exact) mass is 367 g/mol. The Balaban J connectivity index is 0.00000264. The van der Waals surface area contributed by atoms with Gasteiger partial charge in [-0.3, -0.25) is 4.79 Å². The fraction of sp³-hybridized carbons (Fsp3) is 0.933. The number of rotatable bonds is 5. The maximum absolute atomic E-state index is 12.3. The first-order valence-corrected chi connectivity index (χ1v) is 9.95. The normalized spacial score (nSPS) is 31.7. The van der Waals surface area contributed by atoms with E-state index in [0.29, 0.717) is 19.0 Å². The van der Waals surface area contributed by atoms with Crippen LogP contribution in [0.15, 0.2) is 0 Å². The summed E-state index contributed by atoms with van der Waals surface area (Å²) in [5.41, 5.74) is 5.65. The van der Waals surface area contributed by atoms with E-state index in [4.69, 9.17) is 5.73 Å². The Morgan fingerprint density at radius 1 is 1.22 bits per heavy atom. The highest BCUT2D eigenvalue weighted by atomic mass is 35.5. The fourth-order valence-corrected chi connectivity index (χ4v) is 4.90. The third-order valence-electron chi connectivity index (χ3n) is 4.99. The summed E-state index contributed by atoms with van der Waals surface area (Å²) < 4.78 is 27.2. The van der Waals surface area contributed by atoms with Crippen LogP contribution in [0.1, 0.15) is 46.0 Å². The molecule has 0 spiro atoms. The molecule has 2 fully saturated rings. The molecule has 2 atom stereocenters. The Morgan fingerprint density at radius 2 is 1.83 bits per heavy atom. The van der Waals surface area contributed by atoms with Crippen molar-refractivity contribution in [3.63, 3.8) is 0 Å². The van der Waals surface area contributed by atoms with Gasteiger partial charge in [-0.1, -0.05) is 6.92 Å². The highest BCUT2D eigenvalue weighted by Gasteiger charge is 2.34. The molecule has 3 N–H and O–H groups in total. The standard InChI is InChI=1S/C15H29N3O3S.ClH/c1-11-3-5-14(6-4-11)17-22(20,21)10-15(19)18-9-13(8-16)7-12(18)2;/h11-14,17H,3-10,16H2,1-2H3;1H. The SMILES string of the molecule is CC1CCC(NS(=O)(=O)CC(=O)N2CC(CN)CC2C)CC1.Cl. The molecular formula is C15H30ClN3O3S. The molecule has 1 aliphatic carbocycles. The van der Waals surface area contributed by atoms with Gasteiger partial charge in [-0.15, -0.1) is 12.4 Å². The first kappa shape index (κ1) is 20.7. The number of hydrogen-bond donors (Lipinski definition) is 2. The van der Waals surface area contributed by atoms with Gasteiger partial charge in [-0.05, 0) is 57.4 Å². The van der Waals surface area contributed by atoms with Crippen molar-refractivity contribution in [2.45, 2.75) is 58.0 Å². The van der Waals surface area contributed by atoms with E-state index in [2.05, 4.69) is 11.6 Å². The summed E-state index contributed by atoms with van der Waals surface area (Å²) in [5.74, 6) is 0.205. The number of likely N-dealkylation sites (tertiary alicyclic amines) is 1. The van der Waals surface area contributed by atoms with Crippen LogP contribution in [0.3, 0.4) is 0 Å². The minimum absolute atomic E-state index is 0. The number of carbonyl (C=O) groups is 1. The van der Waals surface area contributed by atoms with Crippen molar-refractivity contribution in [2.75, 3.05) is 18.8 Å². The van der Waals surface area contributed by atoms with E-state index in [1.54, 1.807) is 4.90 Å². The van der Waals surface area contributed by atoms with Gasteiger partial charge < -0.3 is 10.6 Å². The van der Waals surface area contributed by atoms with E-state index < -0.39 is 15.8 Å². The Hall–Kier alpha value is -0.370. The molecule has 2 aliphatic rings. The van der Waals surface area contributed by atoms with Gasteiger partial charge in [0, 0.05) is 18.6 Å². The van der Waals surface area contributed by atoms with E-state index in [1.165, 1.54) is 0 Å². The number of amides is 1. The molecule has 8 heteroatoms. The van der Waals surface area contributed by atoms with Crippen molar-refractivity contribution >= 4 is 28.3 Å². The minimum atomic E-state index is -3.56. The molecule has 0 aromatic carbocycles. The second-order valence-corrected chi connectivity index (χ2v) is 8.82. The molecule has 6 nitrogen and oxygen atoms in total. The van der Waals surface area contributed by atoms with Crippen LogP contribution in [0.4, 0.5) is 0 Å². The van der Waals surface area contributed by atoms with Gasteiger partial charge in [0.1, 0.15) is 5.75 Å². The van der Waals surface area contributed by atoms with Crippen LogP contribution >= 0.6 is 12.4 Å². The molecule has 2 unspecified atom stereocenters. The molecule has 0 aromatic rings. The second kappa shape index (κ2) is 8.65. The third kappa shape index (κ3) is 5.89. The molecule has 1 saturated heterocycles. The number of nitrogens with two attached hydrogens (primary N) is 1. The zero-order valence-electron chi connectivity index (χ0n) is 14.0. The van der Waals surface area contributed by atoms with Crippen LogP contribution in [0.25, 0.3) is 0 Å². The van der Waals surface area contributed by atoms with Gasteiger partial charge >= 0.3 is 0 Å². The first-order valence-electron chi connectivity index (χ1n) is 8.30. The highest BCUT2D eigenvalue weighted by molar-refractivity contribution is 7.90. The molecular weight excluding hydrogens is 338 g/mol. The van der Waals surface area contributed by atoms with Crippen molar-refractivity contribution < 1.29 is 13.2 Å². The number of hydrogen-bond acceptors (Lipinski definition) is 4. The number of nitrogens with one attached hydrogen (secondary N) is 1. The lowest BCUT2D eigenvalue weighted by molar-refractivity contribution is -0.129. The predicted octanol–water partition coefficient (Wildman–Crippen LogP) is 1.10. The van der Waals surface area contributed by atoms with Crippen molar-refractivity contribution in [1.82, 2.24) is 9.62 Å². The van der Waals surface area contributed by atoms with Crippen LogP contribution < -0.4 is 10.5 Å². The highest BCUT2D eigenvalue weighted by Crippen LogP contribution is 2.25. The number of carbonyl (C=O) groups excluding carboxylic acids is 1. The van der Waals surface area contributed by atoms with E-state index in [0.717, 1.165) is 32.1 Å². The fourth-order valence-electron chi connectivity index (χ4n) is 3.58. The van der Waals surface area contributed by atoms with Crippen LogP contribution in [-0.4, -0.2) is 50.2 Å². The topological polar surface area (TPSA) is 92.5 Å². The van der Waals surface area contributed by atoms with E-state index >= 15 is 0 Å². The quantitative estimate of drug-likeness (QED) is 0.761. The zero-order chi connectivity index (χ0) is 16.3. The Bertz CT molecular complexity index is 492. The maximum Gasteiger partial charge on any atom is 0.239 e. The van der Waals surface area contributed by atoms with Crippen LogP contribution in [0, 0.1) is 11.8 Å². The predicted molar refractivity (Wildman–Crippen MR) is 93.9 cm³/mol. The summed E-state index contributed by atoms with van der Waals surface area (Å²) in [6.07, 6.45) is 4.68. The summed E-state index contributed by atoms with van der Waals surface area (Å²) >= 11 is 0. The molecule has 0 radical (unpaired) electrons. The molecule has 136 valence electrons. The van der Waals surface area contributed by atoms with E-state index in [9.17, 15) is 13.2 Å². The maximum atomic E-state index is 12.3. The van der Waals surface area contributed by atoms with Crippen LogP contribution in [-0.2, 0) is 14.8 Å². The molecule has 2 rings (SSSR count). The largest absolute Gasteiger partial charge is 0.339 e. The molecule has 0 aromatic heterocycles. The average molecular weight is 368 g/mol. The molecule has 1 heterocycles. The number of nitrogens with zero attached hydrogens (tertiary/aromatic N) is 1. The first-order chi connectivity index (χ1) is 10.3. The summed E-state index contributed by atoms with van der Waals surface area (Å²) in [6.45, 7) is 5.26. The molecule has 1 aliphatic heterocycles. The van der Waals surface area contributed by atoms with Crippen molar-refractivity contribution in [3.05, 3.63) is 0 Å². The lowest BCUT2D eigenvalue weighted by atomic mass is 9.88. The summed E-state index contributed by atoms with van der Waals surface area (Å²) in [5, 5.41) is 0. The van der Waals surface area contributed by atoms with Gasteiger partial charge in [-0.2, -0.15) is 0 Å². The molecule has 1 amide bonds. The number of sulfonamides is 1. The zero-order valence-corrected chi connectivity index (χ0v) is 15.7. The second-order valence-electron chi connectivity index (χ2n) is 7.07. The average Bonchev–Trinajstić information content (AvgIpc) is 2.82. The Labute approximate surface area is 146 Å². The lowest BCUT2D eigenvalue weighted by Gasteiger charge is -2.27. The smallest absolute Gasteiger partial charge is 0.239 e. The van der Waals surface area contributed by atoms with Gasteiger partial charge in [0.05, 0.1) is 0 Å². The van der Waals surface area contributed by atoms with Crippen LogP contribution in [0.5, 0.6) is 0 Å². The Morgan fingerprint density at radius 3 is 2.35 bits per heavy atom. The van der Waals surface area contributed by atoms with Gasteiger partial charge in [0.15, 0.2) is 0 Å². The third-order valence-corrected chi connectivity index (χ3v) is 6.31. The molecule has 0 bridgehead atoms. The minimum Gasteiger partial charge on any atom is -0.339 e. The summed E-state index contributed by atoms with van der Waals surface area (Å²) in [4.78, 5) is 14.0. The van der Waals surface area contributed by atoms with Gasteiger partial charge in [-0.25, -0.2) is 13.1 Å². The summed E-state index contributed by atoms with van der Waals surface area (Å²) in [6, 6.07) is 0.0635. The van der Waals surface area contributed by atoms with Gasteiger partial charge in [0.2, 0.25) is 15.9 Å². The summed E-state index contributed by atoms with van der Waals surface area (Å²) in [7, 11) is -3.56. The van der Waals surface area contributed by atoms with Crippen molar-refractivity contribution in [1.29, 1.82) is 0 Å². The lowest BCUT2D eigenvalue weighted by Crippen LogP contribution is -2.44. The molecule has 23 heavy (non-hydrogen) atoms. The van der Waals surface area contributed by atoms with Gasteiger partial charge in [0.25, 0.3) is 0 Å². The Kier molecular flexibility index (Phi) is 7.77. The van der Waals surface area contributed by atoms with E-state index in [1.807, 2.05) is 6.92 Å². The molecule has 1 saturated carbocycles. The number of halogens is 1. The van der Waals surface area contributed by atoms with Crippen molar-refractivity contribution in [2.24, 2.45) is 17.6 Å².